The van der Waals surface area contributed by atoms with Crippen molar-refractivity contribution in [1.82, 2.24) is 10.3 Å². The van der Waals surface area contributed by atoms with Gasteiger partial charge in [-0.25, -0.2) is 4.98 Å². The van der Waals surface area contributed by atoms with Crippen LogP contribution in [0.2, 0.25) is 5.02 Å². The van der Waals surface area contributed by atoms with Gasteiger partial charge >= 0.3 is 0 Å². The molecule has 9 nitrogen and oxygen atoms in total. The number of carbonyl (C=O) groups is 1. The average molecular weight is 564 g/mol. The van der Waals surface area contributed by atoms with Crippen LogP contribution >= 0.6 is 23.8 Å². The van der Waals surface area contributed by atoms with Gasteiger partial charge in [0.2, 0.25) is 0 Å². The third kappa shape index (κ3) is 6.35. The number of nitrogens with zero attached hydrogens (tertiary/aromatic N) is 3. The van der Waals surface area contributed by atoms with Crippen LogP contribution in [0, 0.1) is 16.0 Å². The van der Waals surface area contributed by atoms with Gasteiger partial charge in [-0.15, -0.1) is 0 Å². The zero-order chi connectivity index (χ0) is 27.5. The van der Waals surface area contributed by atoms with Gasteiger partial charge in [-0.1, -0.05) is 30.7 Å². The van der Waals surface area contributed by atoms with Crippen LogP contribution in [0.15, 0.2) is 65.1 Å². The molecule has 1 aliphatic heterocycles. The molecule has 1 saturated heterocycles. The molecule has 1 fully saturated rings. The number of rotatable bonds is 6. The maximum absolute atomic E-state index is 13.2. The predicted molar refractivity (Wildman–Crippen MR) is 156 cm³/mol. The number of piperidine rings is 1. The molecule has 2 N–H and O–H groups in total. The number of carbonyl (C=O) groups excluding carboxylic acids is 1. The number of aromatic nitrogens is 1. The highest BCUT2D eigenvalue weighted by Gasteiger charge is 2.24. The predicted octanol–water partition coefficient (Wildman–Crippen LogP) is 6.34. The summed E-state index contributed by atoms with van der Waals surface area (Å²) in [4.78, 5) is 30.8. The quantitative estimate of drug-likeness (QED) is 0.159. The summed E-state index contributed by atoms with van der Waals surface area (Å²) in [6.45, 7) is 3.75. The number of nitro groups is 1. The lowest BCUT2D eigenvalue weighted by molar-refractivity contribution is -0.384. The molecule has 1 amide bonds. The van der Waals surface area contributed by atoms with E-state index in [0.717, 1.165) is 31.5 Å². The van der Waals surface area contributed by atoms with E-state index in [2.05, 4.69) is 27.4 Å². The lowest BCUT2D eigenvalue weighted by Gasteiger charge is -2.33. The Morgan fingerprint density at radius 3 is 2.62 bits per heavy atom. The Kier molecular flexibility index (Phi) is 7.76. The number of hydrogen-bond donors (Lipinski definition) is 2. The molecule has 4 aromatic rings. The van der Waals surface area contributed by atoms with E-state index in [-0.39, 0.29) is 16.4 Å². The summed E-state index contributed by atoms with van der Waals surface area (Å²) in [6.07, 6.45) is 2.50. The SMILES string of the molecule is CC1CCN(c2ccc([N+](=O)[O-])cc2C(=O)NC(=S)Nc2ccc3oc(Cc4ccc(Cl)cc4)nc3c2)CC1. The first-order valence-corrected chi connectivity index (χ1v) is 13.3. The van der Waals surface area contributed by atoms with Crippen LogP contribution in [-0.4, -0.2) is 34.0 Å². The molecule has 0 bridgehead atoms. The van der Waals surface area contributed by atoms with Crippen LogP contribution in [0.3, 0.4) is 0 Å². The van der Waals surface area contributed by atoms with E-state index in [9.17, 15) is 14.9 Å². The number of benzene rings is 3. The summed E-state index contributed by atoms with van der Waals surface area (Å²) in [5.41, 5.74) is 3.61. The van der Waals surface area contributed by atoms with Gasteiger partial charge in [0.1, 0.15) is 5.52 Å². The molecule has 2 heterocycles. The summed E-state index contributed by atoms with van der Waals surface area (Å²) >= 11 is 11.4. The first-order valence-electron chi connectivity index (χ1n) is 12.5. The fourth-order valence-corrected chi connectivity index (χ4v) is 4.92. The number of halogens is 1. The molecule has 0 aliphatic carbocycles. The topological polar surface area (TPSA) is 114 Å². The van der Waals surface area contributed by atoms with E-state index in [1.807, 2.05) is 24.3 Å². The number of hydrogen-bond acceptors (Lipinski definition) is 7. The molecule has 0 saturated carbocycles. The molecule has 1 aliphatic rings. The smallest absolute Gasteiger partial charge is 0.270 e. The number of non-ortho nitro benzene ring substituents is 1. The number of anilines is 2. The van der Waals surface area contributed by atoms with Crippen molar-refractivity contribution in [3.63, 3.8) is 0 Å². The number of nitro benzene ring substituents is 1. The highest BCUT2D eigenvalue weighted by atomic mass is 35.5. The minimum absolute atomic E-state index is 0.0638. The van der Waals surface area contributed by atoms with Crippen LogP contribution in [0.1, 0.15) is 41.6 Å². The van der Waals surface area contributed by atoms with E-state index in [4.69, 9.17) is 28.2 Å². The fourth-order valence-electron chi connectivity index (χ4n) is 4.58. The zero-order valence-electron chi connectivity index (χ0n) is 21.1. The molecule has 1 aromatic heterocycles. The van der Waals surface area contributed by atoms with Crippen LogP contribution in [0.5, 0.6) is 0 Å². The zero-order valence-corrected chi connectivity index (χ0v) is 22.7. The Balaban J connectivity index is 1.29. The minimum Gasteiger partial charge on any atom is -0.440 e. The molecule has 5 rings (SSSR count). The Hall–Kier alpha value is -4.02. The number of fused-ring (bicyclic) bond motifs is 1. The molecule has 11 heteroatoms. The van der Waals surface area contributed by atoms with Crippen molar-refractivity contribution < 1.29 is 14.1 Å². The third-order valence-corrected chi connectivity index (χ3v) is 7.20. The Morgan fingerprint density at radius 2 is 1.90 bits per heavy atom. The third-order valence-electron chi connectivity index (χ3n) is 6.75. The van der Waals surface area contributed by atoms with Crippen molar-refractivity contribution in [2.24, 2.45) is 5.92 Å². The van der Waals surface area contributed by atoms with Crippen molar-refractivity contribution in [1.29, 1.82) is 0 Å². The van der Waals surface area contributed by atoms with E-state index >= 15 is 0 Å². The summed E-state index contributed by atoms with van der Waals surface area (Å²) in [5.74, 6) is 0.646. The molecule has 0 spiro atoms. The Labute approximate surface area is 235 Å². The summed E-state index contributed by atoms with van der Waals surface area (Å²) in [7, 11) is 0. The normalized spacial score (nSPS) is 13.8. The Morgan fingerprint density at radius 1 is 1.15 bits per heavy atom. The van der Waals surface area contributed by atoms with E-state index in [1.54, 1.807) is 24.3 Å². The van der Waals surface area contributed by atoms with Crippen LogP contribution in [0.4, 0.5) is 17.1 Å². The second kappa shape index (κ2) is 11.4. The monoisotopic (exact) mass is 563 g/mol. The average Bonchev–Trinajstić information content (AvgIpc) is 3.31. The molecular formula is C28H26ClN5O4S. The van der Waals surface area contributed by atoms with Gasteiger partial charge < -0.3 is 14.6 Å². The molecule has 200 valence electrons. The van der Waals surface area contributed by atoms with E-state index in [1.165, 1.54) is 12.1 Å². The number of nitrogens with one attached hydrogen (secondary N) is 2. The van der Waals surface area contributed by atoms with Crippen molar-refractivity contribution in [3.8, 4) is 0 Å². The highest BCUT2D eigenvalue weighted by Crippen LogP contribution is 2.29. The molecule has 0 radical (unpaired) electrons. The molecular weight excluding hydrogens is 538 g/mol. The van der Waals surface area contributed by atoms with Crippen molar-refractivity contribution in [3.05, 3.63) is 92.8 Å². The molecule has 39 heavy (non-hydrogen) atoms. The van der Waals surface area contributed by atoms with E-state index < -0.39 is 10.8 Å². The minimum atomic E-state index is -0.516. The molecule has 0 unspecified atom stereocenters. The van der Waals surface area contributed by atoms with Gasteiger partial charge in [-0.3, -0.25) is 20.2 Å². The van der Waals surface area contributed by atoms with Gasteiger partial charge in [0.05, 0.1) is 16.2 Å². The van der Waals surface area contributed by atoms with Gasteiger partial charge in [0, 0.05) is 42.4 Å². The Bertz CT molecular complexity index is 1550. The van der Waals surface area contributed by atoms with Crippen molar-refractivity contribution >= 4 is 63.0 Å². The van der Waals surface area contributed by atoms with Crippen molar-refractivity contribution in [2.45, 2.75) is 26.2 Å². The van der Waals surface area contributed by atoms with E-state index in [0.29, 0.717) is 45.7 Å². The standard InChI is InChI=1S/C28H26ClN5O4S/c1-17-10-12-33(13-11-17)24-8-7-21(34(36)37)16-22(24)27(35)32-28(39)30-20-6-9-25-23(15-20)31-26(38-25)14-18-2-4-19(29)5-3-18/h2-9,15-17H,10-14H2,1H3,(H2,30,32,35,39). The number of thiocarbonyl (C=S) groups is 1. The van der Waals surface area contributed by atoms with Gasteiger partial charge in [-0.05, 0) is 72.9 Å². The fraction of sp³-hybridized carbons (Fsp3) is 0.250. The maximum Gasteiger partial charge on any atom is 0.270 e. The van der Waals surface area contributed by atoms with Gasteiger partial charge in [-0.2, -0.15) is 0 Å². The lowest BCUT2D eigenvalue weighted by atomic mass is 9.98. The second-order valence-electron chi connectivity index (χ2n) is 9.63. The first kappa shape index (κ1) is 26.6. The lowest BCUT2D eigenvalue weighted by Crippen LogP contribution is -2.37. The van der Waals surface area contributed by atoms with Crippen LogP contribution in [-0.2, 0) is 6.42 Å². The van der Waals surface area contributed by atoms with Gasteiger partial charge in [0.25, 0.3) is 11.6 Å². The number of amides is 1. The maximum atomic E-state index is 13.2. The van der Waals surface area contributed by atoms with Crippen LogP contribution < -0.4 is 15.5 Å². The van der Waals surface area contributed by atoms with Crippen LogP contribution in [0.25, 0.3) is 11.1 Å². The highest BCUT2D eigenvalue weighted by molar-refractivity contribution is 7.80. The van der Waals surface area contributed by atoms with Gasteiger partial charge in [0.15, 0.2) is 16.6 Å². The summed E-state index contributed by atoms with van der Waals surface area (Å²) < 4.78 is 5.86. The second-order valence-corrected chi connectivity index (χ2v) is 10.5. The largest absolute Gasteiger partial charge is 0.440 e. The molecule has 0 atom stereocenters. The van der Waals surface area contributed by atoms with Crippen molar-refractivity contribution in [2.75, 3.05) is 23.3 Å². The summed E-state index contributed by atoms with van der Waals surface area (Å²) in [6, 6.07) is 17.2. The molecule has 3 aromatic carbocycles. The summed E-state index contributed by atoms with van der Waals surface area (Å²) in [5, 5.41) is 17.8. The number of oxazole rings is 1. The first-order chi connectivity index (χ1) is 18.7.